The molecule has 1 amide bonds. The number of aryl methyl sites for hydroxylation is 1. The molecule has 4 heteroatoms. The quantitative estimate of drug-likeness (QED) is 0.895. The van der Waals surface area contributed by atoms with Gasteiger partial charge in [-0.15, -0.1) is 0 Å². The second kappa shape index (κ2) is 6.06. The van der Waals surface area contributed by atoms with Gasteiger partial charge in [-0.3, -0.25) is 4.79 Å². The topological polar surface area (TPSA) is 52.6 Å². The molecule has 1 atom stereocenters. The number of hydrogen-bond acceptors (Lipinski definition) is 3. The highest BCUT2D eigenvalue weighted by molar-refractivity contribution is 5.95. The van der Waals surface area contributed by atoms with E-state index in [1.54, 1.807) is 18.2 Å². The highest BCUT2D eigenvalue weighted by atomic mass is 16.3. The van der Waals surface area contributed by atoms with Crippen LogP contribution in [0.3, 0.4) is 0 Å². The van der Waals surface area contributed by atoms with E-state index in [-0.39, 0.29) is 11.7 Å². The van der Waals surface area contributed by atoms with Crippen molar-refractivity contribution in [3.05, 3.63) is 29.3 Å². The van der Waals surface area contributed by atoms with Gasteiger partial charge in [0.15, 0.2) is 0 Å². The Bertz CT molecular complexity index is 520. The molecule has 1 saturated heterocycles. The van der Waals surface area contributed by atoms with Gasteiger partial charge >= 0.3 is 0 Å². The van der Waals surface area contributed by atoms with Crippen molar-refractivity contribution in [2.24, 2.45) is 0 Å². The smallest absolute Gasteiger partial charge is 0.254 e. The molecule has 114 valence electrons. The lowest BCUT2D eigenvalue weighted by atomic mass is 10.0. The molecular formula is C17H24N2O2. The average Bonchev–Trinajstić information content (AvgIpc) is 3.33. The first-order valence-corrected chi connectivity index (χ1v) is 7.99. The number of carbonyl (C=O) groups excluding carboxylic acids is 1. The minimum Gasteiger partial charge on any atom is -0.508 e. The standard InChI is InChI=1S/C17H24N2O2/c1-12-10-13(5-8-16(12)20)17(21)19(15-6-7-15)11-14-4-2-3-9-18-14/h5,8,10,14-15,18,20H,2-4,6-7,9,11H2,1H3. The number of carbonyl (C=O) groups is 1. The number of hydrogen-bond donors (Lipinski definition) is 2. The maximum absolute atomic E-state index is 12.8. The van der Waals surface area contributed by atoms with Gasteiger partial charge in [0.25, 0.3) is 5.91 Å². The molecule has 0 spiro atoms. The first-order valence-electron chi connectivity index (χ1n) is 7.99. The van der Waals surface area contributed by atoms with E-state index in [2.05, 4.69) is 5.32 Å². The molecule has 0 radical (unpaired) electrons. The first kappa shape index (κ1) is 14.4. The lowest BCUT2D eigenvalue weighted by molar-refractivity contribution is 0.0718. The van der Waals surface area contributed by atoms with Crippen molar-refractivity contribution in [2.45, 2.75) is 51.1 Å². The summed E-state index contributed by atoms with van der Waals surface area (Å²) in [6.45, 7) is 3.70. The fourth-order valence-electron chi connectivity index (χ4n) is 3.06. The van der Waals surface area contributed by atoms with Crippen LogP contribution in [-0.2, 0) is 0 Å². The summed E-state index contributed by atoms with van der Waals surface area (Å²) in [4.78, 5) is 14.8. The Kier molecular flexibility index (Phi) is 4.15. The third-order valence-corrected chi connectivity index (χ3v) is 4.52. The number of nitrogens with zero attached hydrogens (tertiary/aromatic N) is 1. The Morgan fingerprint density at radius 3 is 2.76 bits per heavy atom. The van der Waals surface area contributed by atoms with Gasteiger partial charge in [-0.25, -0.2) is 0 Å². The first-order chi connectivity index (χ1) is 10.1. The molecule has 1 saturated carbocycles. The van der Waals surface area contributed by atoms with E-state index in [9.17, 15) is 9.90 Å². The molecule has 2 fully saturated rings. The van der Waals surface area contributed by atoms with E-state index >= 15 is 0 Å². The van der Waals surface area contributed by atoms with Crippen molar-refractivity contribution in [1.82, 2.24) is 10.2 Å². The third kappa shape index (κ3) is 3.38. The number of piperidine rings is 1. The van der Waals surface area contributed by atoms with E-state index in [0.717, 1.165) is 37.9 Å². The summed E-state index contributed by atoms with van der Waals surface area (Å²) in [6, 6.07) is 5.99. The fraction of sp³-hybridized carbons (Fsp3) is 0.588. The van der Waals surface area contributed by atoms with Crippen LogP contribution in [0.4, 0.5) is 0 Å². The molecule has 21 heavy (non-hydrogen) atoms. The van der Waals surface area contributed by atoms with Crippen LogP contribution in [0.5, 0.6) is 5.75 Å². The summed E-state index contributed by atoms with van der Waals surface area (Å²) in [5.41, 5.74) is 1.44. The van der Waals surface area contributed by atoms with Gasteiger partial charge in [0.2, 0.25) is 0 Å². The van der Waals surface area contributed by atoms with E-state index < -0.39 is 0 Å². The lowest BCUT2D eigenvalue weighted by Crippen LogP contribution is -2.46. The minimum absolute atomic E-state index is 0.105. The van der Waals surface area contributed by atoms with Gasteiger partial charge in [0.05, 0.1) is 0 Å². The number of phenols is 1. The predicted molar refractivity (Wildman–Crippen MR) is 82.5 cm³/mol. The predicted octanol–water partition coefficient (Wildman–Crippen LogP) is 2.45. The van der Waals surface area contributed by atoms with Gasteiger partial charge in [-0.05, 0) is 62.9 Å². The van der Waals surface area contributed by atoms with Gasteiger partial charge in [0.1, 0.15) is 5.75 Å². The Morgan fingerprint density at radius 1 is 1.33 bits per heavy atom. The molecule has 1 aliphatic carbocycles. The van der Waals surface area contributed by atoms with Crippen LogP contribution >= 0.6 is 0 Å². The van der Waals surface area contributed by atoms with Crippen LogP contribution in [0.15, 0.2) is 18.2 Å². The Labute approximate surface area is 126 Å². The van der Waals surface area contributed by atoms with Gasteiger partial charge < -0.3 is 15.3 Å². The van der Waals surface area contributed by atoms with Crippen LogP contribution in [0, 0.1) is 6.92 Å². The maximum Gasteiger partial charge on any atom is 0.254 e. The summed E-state index contributed by atoms with van der Waals surface area (Å²) in [5.74, 6) is 0.353. The van der Waals surface area contributed by atoms with Gasteiger partial charge in [-0.2, -0.15) is 0 Å². The zero-order valence-electron chi connectivity index (χ0n) is 12.6. The molecule has 1 aliphatic heterocycles. The summed E-state index contributed by atoms with van der Waals surface area (Å²) in [6.07, 6.45) is 5.89. The summed E-state index contributed by atoms with van der Waals surface area (Å²) >= 11 is 0. The number of nitrogens with one attached hydrogen (secondary N) is 1. The van der Waals surface area contributed by atoms with Crippen LogP contribution in [0.2, 0.25) is 0 Å². The number of aromatic hydroxyl groups is 1. The van der Waals surface area contributed by atoms with Crippen molar-refractivity contribution in [3.8, 4) is 5.75 Å². The van der Waals surface area contributed by atoms with Crippen molar-refractivity contribution in [2.75, 3.05) is 13.1 Å². The minimum atomic E-state index is 0.105. The molecule has 3 rings (SSSR count). The summed E-state index contributed by atoms with van der Waals surface area (Å²) in [5, 5.41) is 13.1. The molecule has 1 aromatic rings. The normalized spacial score (nSPS) is 22.0. The van der Waals surface area contributed by atoms with Crippen LogP contribution in [0.25, 0.3) is 0 Å². The van der Waals surface area contributed by atoms with Crippen molar-refractivity contribution in [1.29, 1.82) is 0 Å². The fourth-order valence-corrected chi connectivity index (χ4v) is 3.06. The average molecular weight is 288 g/mol. The largest absolute Gasteiger partial charge is 0.508 e. The second-order valence-electron chi connectivity index (χ2n) is 6.34. The van der Waals surface area contributed by atoms with Crippen molar-refractivity contribution in [3.63, 3.8) is 0 Å². The second-order valence-corrected chi connectivity index (χ2v) is 6.34. The van der Waals surface area contributed by atoms with Gasteiger partial charge in [0, 0.05) is 24.2 Å². The Morgan fingerprint density at radius 2 is 2.14 bits per heavy atom. The number of amides is 1. The van der Waals surface area contributed by atoms with Crippen LogP contribution in [-0.4, -0.2) is 41.1 Å². The van der Waals surface area contributed by atoms with Crippen molar-refractivity contribution >= 4 is 5.91 Å². The number of phenolic OH excluding ortho intramolecular Hbond substituents is 1. The highest BCUT2D eigenvalue weighted by Gasteiger charge is 2.34. The molecule has 2 aliphatic rings. The number of benzene rings is 1. The molecule has 1 unspecified atom stereocenters. The summed E-state index contributed by atoms with van der Waals surface area (Å²) in [7, 11) is 0. The maximum atomic E-state index is 12.8. The molecule has 2 N–H and O–H groups in total. The van der Waals surface area contributed by atoms with Crippen LogP contribution < -0.4 is 5.32 Å². The Balaban J connectivity index is 1.73. The third-order valence-electron chi connectivity index (χ3n) is 4.52. The molecule has 0 bridgehead atoms. The van der Waals surface area contributed by atoms with E-state index in [0.29, 0.717) is 17.6 Å². The zero-order valence-corrected chi connectivity index (χ0v) is 12.6. The van der Waals surface area contributed by atoms with E-state index in [1.807, 2.05) is 11.8 Å². The van der Waals surface area contributed by atoms with E-state index in [1.165, 1.54) is 12.8 Å². The highest BCUT2D eigenvalue weighted by Crippen LogP contribution is 2.30. The lowest BCUT2D eigenvalue weighted by Gasteiger charge is -2.31. The van der Waals surface area contributed by atoms with Crippen LogP contribution in [0.1, 0.15) is 48.0 Å². The van der Waals surface area contributed by atoms with Crippen molar-refractivity contribution < 1.29 is 9.90 Å². The summed E-state index contributed by atoms with van der Waals surface area (Å²) < 4.78 is 0. The molecule has 0 aromatic heterocycles. The SMILES string of the molecule is Cc1cc(C(=O)N(CC2CCCCN2)C2CC2)ccc1O. The zero-order chi connectivity index (χ0) is 14.8. The molecule has 4 nitrogen and oxygen atoms in total. The molecule has 1 heterocycles. The monoisotopic (exact) mass is 288 g/mol. The van der Waals surface area contributed by atoms with Gasteiger partial charge in [-0.1, -0.05) is 6.42 Å². The Hall–Kier alpha value is -1.55. The van der Waals surface area contributed by atoms with E-state index in [4.69, 9.17) is 0 Å². The molecule has 1 aromatic carbocycles. The number of rotatable bonds is 4. The molecular weight excluding hydrogens is 264 g/mol.